The van der Waals surface area contributed by atoms with Gasteiger partial charge in [0.2, 0.25) is 0 Å². The summed E-state index contributed by atoms with van der Waals surface area (Å²) in [7, 11) is 0. The van der Waals surface area contributed by atoms with Gasteiger partial charge in [-0.2, -0.15) is 0 Å². The molecule has 2 aromatic heterocycles. The van der Waals surface area contributed by atoms with Gasteiger partial charge < -0.3 is 19.8 Å². The van der Waals surface area contributed by atoms with Crippen molar-refractivity contribution in [2.45, 2.75) is 46.5 Å². The van der Waals surface area contributed by atoms with Crippen molar-refractivity contribution in [2.75, 3.05) is 18.5 Å². The number of aromatic nitrogens is 2. The molecule has 0 radical (unpaired) electrons. The summed E-state index contributed by atoms with van der Waals surface area (Å²) in [5.41, 5.74) is 1.94. The fourth-order valence-electron chi connectivity index (χ4n) is 2.61. The Morgan fingerprint density at radius 1 is 1.06 bits per heavy atom. The van der Waals surface area contributed by atoms with E-state index in [2.05, 4.69) is 15.3 Å². The number of hydrogen-bond donors (Lipinski definition) is 2. The Morgan fingerprint density at radius 3 is 2.29 bits per heavy atom. The van der Waals surface area contributed by atoms with Gasteiger partial charge in [0.25, 0.3) is 5.56 Å². The zero-order valence-electron chi connectivity index (χ0n) is 18.2. The lowest BCUT2D eigenvalue weighted by Gasteiger charge is -2.10. The van der Waals surface area contributed by atoms with E-state index < -0.39 is 17.5 Å². The van der Waals surface area contributed by atoms with Crippen LogP contribution in [-0.4, -0.2) is 35.1 Å². The molecule has 0 aromatic carbocycles. The van der Waals surface area contributed by atoms with Crippen LogP contribution in [0.3, 0.4) is 0 Å². The summed E-state index contributed by atoms with van der Waals surface area (Å²) >= 11 is 0. The second-order valence-corrected chi connectivity index (χ2v) is 7.00. The summed E-state index contributed by atoms with van der Waals surface area (Å²) in [6.45, 7) is 6.21. The van der Waals surface area contributed by atoms with Crippen molar-refractivity contribution in [3.8, 4) is 11.1 Å². The Balaban J connectivity index is 2.26. The second-order valence-electron chi connectivity index (χ2n) is 7.00. The zero-order chi connectivity index (χ0) is 22.6. The quantitative estimate of drug-likeness (QED) is 0.185. The lowest BCUT2D eigenvalue weighted by molar-refractivity contribution is -0.147. The SMILES string of the molecule is CCCCOC(=O)C(=CNc1cc(-c2ccnc(C)c2)c[nH]c1=O)C(=O)OCCCC. The van der Waals surface area contributed by atoms with Crippen LogP contribution < -0.4 is 10.9 Å². The van der Waals surface area contributed by atoms with E-state index in [0.29, 0.717) is 12.8 Å². The number of nitrogens with zero attached hydrogens (tertiary/aromatic N) is 1. The molecular formula is C23H29N3O5. The maximum Gasteiger partial charge on any atom is 0.347 e. The first-order chi connectivity index (χ1) is 15.0. The van der Waals surface area contributed by atoms with Gasteiger partial charge in [0.15, 0.2) is 5.57 Å². The van der Waals surface area contributed by atoms with Gasteiger partial charge in [-0.1, -0.05) is 26.7 Å². The predicted molar refractivity (Wildman–Crippen MR) is 118 cm³/mol. The van der Waals surface area contributed by atoms with E-state index >= 15 is 0 Å². The Bertz CT molecular complexity index is 957. The number of carbonyl (C=O) groups is 2. The Morgan fingerprint density at radius 2 is 1.71 bits per heavy atom. The number of ether oxygens (including phenoxy) is 2. The molecule has 0 aliphatic rings. The van der Waals surface area contributed by atoms with Crippen LogP contribution >= 0.6 is 0 Å². The molecule has 2 rings (SSSR count). The smallest absolute Gasteiger partial charge is 0.347 e. The fraction of sp³-hybridized carbons (Fsp3) is 0.391. The molecule has 0 fully saturated rings. The van der Waals surface area contributed by atoms with Crippen LogP contribution in [-0.2, 0) is 19.1 Å². The molecule has 2 heterocycles. The highest BCUT2D eigenvalue weighted by atomic mass is 16.6. The van der Waals surface area contributed by atoms with E-state index in [1.807, 2.05) is 32.9 Å². The molecule has 2 N–H and O–H groups in total. The van der Waals surface area contributed by atoms with Crippen molar-refractivity contribution in [1.29, 1.82) is 0 Å². The van der Waals surface area contributed by atoms with Crippen molar-refractivity contribution < 1.29 is 19.1 Å². The number of unbranched alkanes of at least 4 members (excludes halogenated alkanes) is 2. The van der Waals surface area contributed by atoms with Crippen LogP contribution in [0, 0.1) is 6.92 Å². The third-order valence-corrected chi connectivity index (χ3v) is 4.41. The van der Waals surface area contributed by atoms with Crippen LogP contribution in [0.25, 0.3) is 11.1 Å². The average Bonchev–Trinajstić information content (AvgIpc) is 2.75. The first-order valence-corrected chi connectivity index (χ1v) is 10.4. The summed E-state index contributed by atoms with van der Waals surface area (Å²) in [4.78, 5) is 43.9. The van der Waals surface area contributed by atoms with Crippen LogP contribution in [0.2, 0.25) is 0 Å². The topological polar surface area (TPSA) is 110 Å². The Kier molecular flexibility index (Phi) is 9.48. The van der Waals surface area contributed by atoms with E-state index in [-0.39, 0.29) is 24.5 Å². The van der Waals surface area contributed by atoms with Crippen molar-refractivity contribution in [3.05, 3.63) is 58.4 Å². The normalized spacial score (nSPS) is 10.3. The summed E-state index contributed by atoms with van der Waals surface area (Å²) in [6, 6.07) is 5.34. The monoisotopic (exact) mass is 427 g/mol. The van der Waals surface area contributed by atoms with Gasteiger partial charge in [0.1, 0.15) is 5.69 Å². The summed E-state index contributed by atoms with van der Waals surface area (Å²) in [5, 5.41) is 2.76. The first kappa shape index (κ1) is 23.9. The van der Waals surface area contributed by atoms with Gasteiger partial charge in [-0.25, -0.2) is 9.59 Å². The number of aromatic amines is 1. The number of rotatable bonds is 11. The number of H-pyrrole nitrogens is 1. The maximum atomic E-state index is 12.4. The zero-order valence-corrected chi connectivity index (χ0v) is 18.2. The van der Waals surface area contributed by atoms with E-state index in [1.54, 1.807) is 18.5 Å². The van der Waals surface area contributed by atoms with E-state index in [1.165, 1.54) is 0 Å². The number of hydrogen-bond acceptors (Lipinski definition) is 7. The molecule has 2 aromatic rings. The number of anilines is 1. The highest BCUT2D eigenvalue weighted by Gasteiger charge is 2.21. The van der Waals surface area contributed by atoms with Gasteiger partial charge in [-0.3, -0.25) is 9.78 Å². The third-order valence-electron chi connectivity index (χ3n) is 4.41. The number of aryl methyl sites for hydroxylation is 1. The molecule has 0 aliphatic carbocycles. The van der Waals surface area contributed by atoms with Gasteiger partial charge >= 0.3 is 11.9 Å². The largest absolute Gasteiger partial charge is 0.462 e. The first-order valence-electron chi connectivity index (χ1n) is 10.4. The Labute approximate surface area is 181 Å². The number of nitrogens with one attached hydrogen (secondary N) is 2. The lowest BCUT2D eigenvalue weighted by atomic mass is 10.1. The number of esters is 2. The fourth-order valence-corrected chi connectivity index (χ4v) is 2.61. The predicted octanol–water partition coefficient (Wildman–Crippen LogP) is 3.73. The van der Waals surface area contributed by atoms with E-state index in [0.717, 1.165) is 35.9 Å². The van der Waals surface area contributed by atoms with Gasteiger partial charge in [-0.05, 0) is 43.5 Å². The Hall–Kier alpha value is -3.42. The molecule has 0 amide bonds. The van der Waals surface area contributed by atoms with Crippen molar-refractivity contribution in [2.24, 2.45) is 0 Å². The summed E-state index contributed by atoms with van der Waals surface area (Å²) in [5.74, 6) is -1.58. The van der Waals surface area contributed by atoms with E-state index in [4.69, 9.17) is 9.47 Å². The molecule has 31 heavy (non-hydrogen) atoms. The third kappa shape index (κ3) is 7.40. The highest BCUT2D eigenvalue weighted by Crippen LogP contribution is 2.20. The second kappa shape index (κ2) is 12.3. The molecule has 0 spiro atoms. The maximum absolute atomic E-state index is 12.4. The number of pyridine rings is 2. The molecule has 0 unspecified atom stereocenters. The highest BCUT2D eigenvalue weighted by molar-refractivity contribution is 6.14. The molecule has 0 atom stereocenters. The summed E-state index contributed by atoms with van der Waals surface area (Å²) in [6.07, 6.45) is 7.50. The van der Waals surface area contributed by atoms with Gasteiger partial charge in [-0.15, -0.1) is 0 Å². The molecule has 8 nitrogen and oxygen atoms in total. The molecule has 8 heteroatoms. The van der Waals surface area contributed by atoms with Crippen molar-refractivity contribution >= 4 is 17.6 Å². The minimum Gasteiger partial charge on any atom is -0.462 e. The van der Waals surface area contributed by atoms with Crippen molar-refractivity contribution in [3.63, 3.8) is 0 Å². The van der Waals surface area contributed by atoms with Crippen LogP contribution in [0.4, 0.5) is 5.69 Å². The average molecular weight is 428 g/mol. The van der Waals surface area contributed by atoms with Gasteiger partial charge in [0, 0.05) is 29.9 Å². The molecule has 0 aliphatic heterocycles. The van der Waals surface area contributed by atoms with Gasteiger partial charge in [0.05, 0.1) is 13.2 Å². The molecule has 0 saturated carbocycles. The molecule has 166 valence electrons. The minimum absolute atomic E-state index is 0.173. The van der Waals surface area contributed by atoms with Crippen LogP contribution in [0.1, 0.15) is 45.2 Å². The lowest BCUT2D eigenvalue weighted by Crippen LogP contribution is -2.21. The summed E-state index contributed by atoms with van der Waals surface area (Å²) < 4.78 is 10.3. The van der Waals surface area contributed by atoms with Crippen LogP contribution in [0.15, 0.2) is 47.2 Å². The van der Waals surface area contributed by atoms with E-state index in [9.17, 15) is 14.4 Å². The molecular weight excluding hydrogens is 398 g/mol. The minimum atomic E-state index is -0.792. The standard InChI is InChI=1S/C23H29N3O5/c1-4-6-10-30-22(28)19(23(29)31-11-7-5-2)15-25-20-13-18(14-26-21(20)27)17-8-9-24-16(3)12-17/h8-9,12-15,25H,4-7,10-11H2,1-3H3,(H,26,27). The van der Waals surface area contributed by atoms with Crippen LogP contribution in [0.5, 0.6) is 0 Å². The molecule has 0 saturated heterocycles. The number of carbonyl (C=O) groups excluding carboxylic acids is 2. The molecule has 0 bridgehead atoms. The van der Waals surface area contributed by atoms with Crippen molar-refractivity contribution in [1.82, 2.24) is 9.97 Å².